The van der Waals surface area contributed by atoms with Gasteiger partial charge in [0.25, 0.3) is 0 Å². The highest BCUT2D eigenvalue weighted by molar-refractivity contribution is 7.21. The van der Waals surface area contributed by atoms with Gasteiger partial charge in [0.2, 0.25) is 0 Å². The highest BCUT2D eigenvalue weighted by Crippen LogP contribution is 2.34. The van der Waals surface area contributed by atoms with E-state index in [1.807, 2.05) is 41.1 Å². The molecule has 6 nitrogen and oxygen atoms in total. The van der Waals surface area contributed by atoms with E-state index < -0.39 is 0 Å². The van der Waals surface area contributed by atoms with E-state index in [2.05, 4.69) is 43.5 Å². The van der Waals surface area contributed by atoms with Gasteiger partial charge in [0, 0.05) is 30.0 Å². The van der Waals surface area contributed by atoms with E-state index in [1.54, 1.807) is 36.4 Å². The van der Waals surface area contributed by atoms with E-state index in [4.69, 9.17) is 0 Å². The van der Waals surface area contributed by atoms with Gasteiger partial charge >= 0.3 is 0 Å². The predicted octanol–water partition coefficient (Wildman–Crippen LogP) is 4.55. The first-order chi connectivity index (χ1) is 13.9. The first-order valence-electron chi connectivity index (χ1n) is 8.84. The van der Waals surface area contributed by atoms with Crippen molar-refractivity contribution in [1.82, 2.24) is 24.5 Å². The lowest BCUT2D eigenvalue weighted by Crippen LogP contribution is -2.03. The molecule has 5 aromatic rings. The summed E-state index contributed by atoms with van der Waals surface area (Å²) in [7, 11) is 0. The monoisotopic (exact) mass is 384 g/mol. The lowest BCUT2D eigenvalue weighted by molar-refractivity contribution is 0.977. The summed E-state index contributed by atoms with van der Waals surface area (Å²) in [5, 5.41) is 4.48. The molecule has 1 aromatic carbocycles. The SMILES string of the molecule is c1ccc(-c2cc3c(NCc4ccnc(-n5ccnc5)c4)ncnc3s2)cc1. The van der Waals surface area contributed by atoms with Crippen molar-refractivity contribution >= 4 is 27.4 Å². The first kappa shape index (κ1) is 16.6. The zero-order valence-electron chi connectivity index (χ0n) is 14.9. The van der Waals surface area contributed by atoms with Gasteiger partial charge in [-0.1, -0.05) is 30.3 Å². The number of pyridine rings is 1. The summed E-state index contributed by atoms with van der Waals surface area (Å²) in [4.78, 5) is 19.5. The number of nitrogens with one attached hydrogen (secondary N) is 1. The Balaban J connectivity index is 1.41. The molecule has 1 N–H and O–H groups in total. The summed E-state index contributed by atoms with van der Waals surface area (Å²) >= 11 is 1.68. The largest absolute Gasteiger partial charge is 0.365 e. The van der Waals surface area contributed by atoms with Crippen LogP contribution in [0.1, 0.15) is 5.56 Å². The van der Waals surface area contributed by atoms with Gasteiger partial charge in [-0.25, -0.2) is 19.9 Å². The molecule has 4 heterocycles. The standard InChI is InChI=1S/C21H16N6S/c1-2-4-16(5-3-1)18-11-17-20(25-13-26-21(17)28-18)24-12-15-6-7-23-19(10-15)27-9-8-22-14-27/h1-11,13-14H,12H2,(H,24,25,26). The van der Waals surface area contributed by atoms with Crippen LogP contribution in [0.2, 0.25) is 0 Å². The van der Waals surface area contributed by atoms with Crippen molar-refractivity contribution in [3.05, 3.63) is 85.3 Å². The number of imidazole rings is 1. The second-order valence-corrected chi connectivity index (χ2v) is 7.29. The molecule has 136 valence electrons. The molecule has 4 aromatic heterocycles. The molecule has 0 aliphatic carbocycles. The average molecular weight is 384 g/mol. The summed E-state index contributed by atoms with van der Waals surface area (Å²) in [5.41, 5.74) is 2.31. The molecular weight excluding hydrogens is 368 g/mol. The Hall–Kier alpha value is -3.58. The van der Waals surface area contributed by atoms with Crippen molar-refractivity contribution in [2.45, 2.75) is 6.54 Å². The summed E-state index contributed by atoms with van der Waals surface area (Å²) in [6.07, 6.45) is 8.78. The van der Waals surface area contributed by atoms with Crippen LogP contribution in [0.5, 0.6) is 0 Å². The fourth-order valence-corrected chi connectivity index (χ4v) is 4.04. The number of thiophene rings is 1. The van der Waals surface area contributed by atoms with E-state index in [0.717, 1.165) is 27.4 Å². The van der Waals surface area contributed by atoms with E-state index in [1.165, 1.54) is 10.4 Å². The van der Waals surface area contributed by atoms with Crippen molar-refractivity contribution < 1.29 is 0 Å². The molecule has 0 spiro atoms. The van der Waals surface area contributed by atoms with Gasteiger partial charge in [-0.3, -0.25) is 4.57 Å². The number of aromatic nitrogens is 5. The molecular formula is C21H16N6S. The number of hydrogen-bond acceptors (Lipinski definition) is 6. The number of fused-ring (bicyclic) bond motifs is 1. The van der Waals surface area contributed by atoms with Crippen LogP contribution in [0, 0.1) is 0 Å². The maximum absolute atomic E-state index is 4.45. The number of hydrogen-bond donors (Lipinski definition) is 1. The maximum atomic E-state index is 4.45. The molecule has 7 heteroatoms. The van der Waals surface area contributed by atoms with Gasteiger partial charge in [-0.05, 0) is 29.3 Å². The molecule has 28 heavy (non-hydrogen) atoms. The number of nitrogens with zero attached hydrogens (tertiary/aromatic N) is 5. The molecule has 0 aliphatic heterocycles. The number of rotatable bonds is 5. The third kappa shape index (κ3) is 3.23. The molecule has 0 aliphatic rings. The summed E-state index contributed by atoms with van der Waals surface area (Å²) in [6, 6.07) is 16.5. The minimum Gasteiger partial charge on any atom is -0.365 e. The van der Waals surface area contributed by atoms with Crippen LogP contribution in [-0.4, -0.2) is 24.5 Å². The van der Waals surface area contributed by atoms with Crippen LogP contribution in [-0.2, 0) is 6.54 Å². The topological polar surface area (TPSA) is 68.5 Å². The van der Waals surface area contributed by atoms with Crippen LogP contribution >= 0.6 is 11.3 Å². The normalized spacial score (nSPS) is 11.0. The molecule has 0 unspecified atom stereocenters. The van der Waals surface area contributed by atoms with E-state index in [-0.39, 0.29) is 0 Å². The second kappa shape index (κ2) is 7.21. The Morgan fingerprint density at radius 2 is 1.89 bits per heavy atom. The van der Waals surface area contributed by atoms with Crippen LogP contribution in [0.4, 0.5) is 5.82 Å². The molecule has 0 saturated carbocycles. The fraction of sp³-hybridized carbons (Fsp3) is 0.0476. The van der Waals surface area contributed by atoms with Gasteiger partial charge in [0.15, 0.2) is 0 Å². The van der Waals surface area contributed by atoms with E-state index >= 15 is 0 Å². The summed E-state index contributed by atoms with van der Waals surface area (Å²) < 4.78 is 1.89. The summed E-state index contributed by atoms with van der Waals surface area (Å²) in [6.45, 7) is 0.646. The third-order valence-electron chi connectivity index (χ3n) is 4.43. The number of benzene rings is 1. The van der Waals surface area contributed by atoms with E-state index in [0.29, 0.717) is 6.54 Å². The van der Waals surface area contributed by atoms with Crippen LogP contribution in [0.25, 0.3) is 26.5 Å². The molecule has 0 amide bonds. The molecule has 5 rings (SSSR count). The van der Waals surface area contributed by atoms with Crippen LogP contribution < -0.4 is 5.32 Å². The molecule has 0 saturated heterocycles. The maximum Gasteiger partial charge on any atom is 0.138 e. The smallest absolute Gasteiger partial charge is 0.138 e. The Kier molecular flexibility index (Phi) is 4.27. The average Bonchev–Trinajstić information content (AvgIpc) is 3.43. The predicted molar refractivity (Wildman–Crippen MR) is 112 cm³/mol. The van der Waals surface area contributed by atoms with Gasteiger partial charge in [0.05, 0.1) is 5.39 Å². The molecule has 0 atom stereocenters. The molecule has 0 fully saturated rings. The van der Waals surface area contributed by atoms with Gasteiger partial charge in [-0.2, -0.15) is 0 Å². The second-order valence-electron chi connectivity index (χ2n) is 6.26. The third-order valence-corrected chi connectivity index (χ3v) is 5.52. The van der Waals surface area contributed by atoms with Crippen LogP contribution in [0.15, 0.2) is 79.8 Å². The number of anilines is 1. The zero-order valence-corrected chi connectivity index (χ0v) is 15.7. The van der Waals surface area contributed by atoms with Gasteiger partial charge < -0.3 is 5.32 Å². The minimum atomic E-state index is 0.646. The molecule has 0 bridgehead atoms. The first-order valence-corrected chi connectivity index (χ1v) is 9.65. The van der Waals surface area contributed by atoms with Crippen molar-refractivity contribution in [1.29, 1.82) is 0 Å². The Morgan fingerprint density at radius 1 is 0.964 bits per heavy atom. The van der Waals surface area contributed by atoms with Crippen molar-refractivity contribution in [2.24, 2.45) is 0 Å². The fourth-order valence-electron chi connectivity index (χ4n) is 3.03. The highest BCUT2D eigenvalue weighted by atomic mass is 32.1. The van der Waals surface area contributed by atoms with Crippen molar-refractivity contribution in [3.63, 3.8) is 0 Å². The quantitative estimate of drug-likeness (QED) is 0.481. The van der Waals surface area contributed by atoms with Crippen LogP contribution in [0.3, 0.4) is 0 Å². The van der Waals surface area contributed by atoms with Crippen molar-refractivity contribution in [3.8, 4) is 16.3 Å². The van der Waals surface area contributed by atoms with E-state index in [9.17, 15) is 0 Å². The Labute approximate surface area is 165 Å². The highest BCUT2D eigenvalue weighted by Gasteiger charge is 2.10. The summed E-state index contributed by atoms with van der Waals surface area (Å²) in [5.74, 6) is 1.68. The minimum absolute atomic E-state index is 0.646. The lowest BCUT2D eigenvalue weighted by Gasteiger charge is -2.08. The lowest BCUT2D eigenvalue weighted by atomic mass is 10.2. The van der Waals surface area contributed by atoms with Gasteiger partial charge in [-0.15, -0.1) is 11.3 Å². The Bertz CT molecular complexity index is 1210. The molecule has 0 radical (unpaired) electrons. The van der Waals surface area contributed by atoms with Gasteiger partial charge in [0.1, 0.15) is 29.1 Å². The Morgan fingerprint density at radius 3 is 2.75 bits per heavy atom. The zero-order chi connectivity index (χ0) is 18.8. The van der Waals surface area contributed by atoms with Crippen molar-refractivity contribution in [2.75, 3.05) is 5.32 Å².